The molecule has 0 spiro atoms. The van der Waals surface area contributed by atoms with Crippen LogP contribution < -0.4 is 11.1 Å². The van der Waals surface area contributed by atoms with Crippen LogP contribution in [0.15, 0.2) is 22.7 Å². The van der Waals surface area contributed by atoms with E-state index in [4.69, 9.17) is 5.73 Å². The van der Waals surface area contributed by atoms with Crippen molar-refractivity contribution >= 4 is 44.4 Å². The molecule has 0 aliphatic carbocycles. The Balaban J connectivity index is 2.86. The standard InChI is InChI=1S/C12H16BrIN2O/c1-7(2)11(6-15)16-12(17)9-5-8(14)3-4-10(9)13/h3-5,7,11H,6,15H2,1-2H3,(H,16,17). The molecule has 1 unspecified atom stereocenters. The number of hydrogen-bond donors (Lipinski definition) is 2. The minimum atomic E-state index is -0.0838. The van der Waals surface area contributed by atoms with Crippen LogP contribution >= 0.6 is 38.5 Å². The second kappa shape index (κ2) is 6.70. The smallest absolute Gasteiger partial charge is 0.252 e. The SMILES string of the molecule is CC(C)C(CN)NC(=O)c1cc(I)ccc1Br. The highest BCUT2D eigenvalue weighted by Crippen LogP contribution is 2.19. The van der Waals surface area contributed by atoms with Crippen molar-refractivity contribution in [2.24, 2.45) is 11.7 Å². The first kappa shape index (κ1) is 14.9. The molecule has 0 saturated carbocycles. The van der Waals surface area contributed by atoms with Crippen molar-refractivity contribution in [3.8, 4) is 0 Å². The van der Waals surface area contributed by atoms with Crippen LogP contribution in [0, 0.1) is 9.49 Å². The van der Waals surface area contributed by atoms with Crippen LogP contribution in [0.1, 0.15) is 24.2 Å². The first-order chi connectivity index (χ1) is 7.95. The molecule has 0 heterocycles. The van der Waals surface area contributed by atoms with Gasteiger partial charge in [0.1, 0.15) is 0 Å². The van der Waals surface area contributed by atoms with Crippen molar-refractivity contribution in [2.45, 2.75) is 19.9 Å². The highest BCUT2D eigenvalue weighted by Gasteiger charge is 2.17. The summed E-state index contributed by atoms with van der Waals surface area (Å²) in [6.07, 6.45) is 0. The maximum Gasteiger partial charge on any atom is 0.252 e. The number of halogens is 2. The van der Waals surface area contributed by atoms with Crippen molar-refractivity contribution in [3.63, 3.8) is 0 Å². The van der Waals surface area contributed by atoms with Gasteiger partial charge in [0.2, 0.25) is 0 Å². The van der Waals surface area contributed by atoms with E-state index in [0.717, 1.165) is 8.04 Å². The van der Waals surface area contributed by atoms with E-state index in [-0.39, 0.29) is 11.9 Å². The number of benzene rings is 1. The zero-order valence-corrected chi connectivity index (χ0v) is 13.6. The van der Waals surface area contributed by atoms with Crippen molar-refractivity contribution < 1.29 is 4.79 Å². The topological polar surface area (TPSA) is 55.1 Å². The average Bonchev–Trinajstić information content (AvgIpc) is 2.28. The first-order valence-corrected chi connectivity index (χ1v) is 7.29. The summed E-state index contributed by atoms with van der Waals surface area (Å²) in [6, 6.07) is 5.69. The predicted molar refractivity (Wildman–Crippen MR) is 82.0 cm³/mol. The summed E-state index contributed by atoms with van der Waals surface area (Å²) in [5, 5.41) is 2.95. The van der Waals surface area contributed by atoms with Gasteiger partial charge in [-0.25, -0.2) is 0 Å². The van der Waals surface area contributed by atoms with Gasteiger partial charge in [0, 0.05) is 20.6 Å². The third-order valence-electron chi connectivity index (χ3n) is 2.55. The Bertz CT molecular complexity index is 409. The summed E-state index contributed by atoms with van der Waals surface area (Å²) in [7, 11) is 0. The lowest BCUT2D eigenvalue weighted by Crippen LogP contribution is -2.43. The molecule has 0 aliphatic rings. The molecule has 0 fully saturated rings. The number of nitrogens with two attached hydrogens (primary N) is 1. The summed E-state index contributed by atoms with van der Waals surface area (Å²) < 4.78 is 1.83. The van der Waals surface area contributed by atoms with Crippen LogP contribution in [-0.2, 0) is 0 Å². The molecule has 1 amide bonds. The monoisotopic (exact) mass is 410 g/mol. The molecule has 0 aromatic heterocycles. The average molecular weight is 411 g/mol. The first-order valence-electron chi connectivity index (χ1n) is 5.41. The van der Waals surface area contributed by atoms with Crippen LogP contribution in [0.25, 0.3) is 0 Å². The Morgan fingerprint density at radius 2 is 2.18 bits per heavy atom. The van der Waals surface area contributed by atoms with Crippen molar-refractivity contribution in [3.05, 3.63) is 31.8 Å². The molecule has 1 aromatic carbocycles. The fourth-order valence-electron chi connectivity index (χ4n) is 1.42. The molecular formula is C12H16BrIN2O. The zero-order valence-electron chi connectivity index (χ0n) is 9.84. The van der Waals surface area contributed by atoms with Gasteiger partial charge in [-0.3, -0.25) is 4.79 Å². The van der Waals surface area contributed by atoms with Crippen LogP contribution in [0.2, 0.25) is 0 Å². The third kappa shape index (κ3) is 4.22. The Labute approximate surface area is 124 Å². The van der Waals surface area contributed by atoms with Crippen molar-refractivity contribution in [2.75, 3.05) is 6.54 Å². The predicted octanol–water partition coefficient (Wildman–Crippen LogP) is 2.77. The number of amides is 1. The van der Waals surface area contributed by atoms with E-state index >= 15 is 0 Å². The van der Waals surface area contributed by atoms with E-state index in [1.54, 1.807) is 0 Å². The fourth-order valence-corrected chi connectivity index (χ4v) is 2.33. The van der Waals surface area contributed by atoms with E-state index in [2.05, 4.69) is 43.8 Å². The van der Waals surface area contributed by atoms with Gasteiger partial charge in [0.05, 0.1) is 5.56 Å². The van der Waals surface area contributed by atoms with E-state index in [1.165, 1.54) is 0 Å². The lowest BCUT2D eigenvalue weighted by molar-refractivity contribution is 0.0927. The van der Waals surface area contributed by atoms with Crippen molar-refractivity contribution in [1.29, 1.82) is 0 Å². The summed E-state index contributed by atoms with van der Waals surface area (Å²) in [4.78, 5) is 12.1. The minimum absolute atomic E-state index is 0.00673. The van der Waals surface area contributed by atoms with Gasteiger partial charge in [0.25, 0.3) is 5.91 Å². The van der Waals surface area contributed by atoms with E-state index in [0.29, 0.717) is 18.0 Å². The van der Waals surface area contributed by atoms with Gasteiger partial charge in [-0.1, -0.05) is 13.8 Å². The van der Waals surface area contributed by atoms with Gasteiger partial charge in [-0.15, -0.1) is 0 Å². The summed E-state index contributed by atoms with van der Waals surface area (Å²) in [5.74, 6) is 0.241. The lowest BCUT2D eigenvalue weighted by Gasteiger charge is -2.20. The summed E-state index contributed by atoms with van der Waals surface area (Å²) in [5.41, 5.74) is 6.29. The Kier molecular flexibility index (Phi) is 5.88. The number of nitrogens with one attached hydrogen (secondary N) is 1. The second-order valence-corrected chi connectivity index (χ2v) is 6.28. The van der Waals surface area contributed by atoms with Crippen LogP contribution in [0.4, 0.5) is 0 Å². The van der Waals surface area contributed by atoms with Gasteiger partial charge in [-0.2, -0.15) is 0 Å². The van der Waals surface area contributed by atoms with Crippen LogP contribution in [0.3, 0.4) is 0 Å². The number of hydrogen-bond acceptors (Lipinski definition) is 2. The molecule has 3 N–H and O–H groups in total. The molecule has 1 rings (SSSR count). The van der Waals surface area contributed by atoms with Gasteiger partial charge in [-0.05, 0) is 62.6 Å². The molecule has 3 nitrogen and oxygen atoms in total. The Morgan fingerprint density at radius 3 is 2.71 bits per heavy atom. The third-order valence-corrected chi connectivity index (χ3v) is 3.91. The molecule has 5 heteroatoms. The molecule has 1 aromatic rings. The fraction of sp³-hybridized carbons (Fsp3) is 0.417. The van der Waals surface area contributed by atoms with E-state index < -0.39 is 0 Å². The van der Waals surface area contributed by atoms with Crippen molar-refractivity contribution in [1.82, 2.24) is 5.32 Å². The number of carbonyl (C=O) groups excluding carboxylic acids is 1. The van der Waals surface area contributed by atoms with Gasteiger partial charge >= 0.3 is 0 Å². The largest absolute Gasteiger partial charge is 0.348 e. The summed E-state index contributed by atoms with van der Waals surface area (Å²) >= 11 is 5.57. The maximum absolute atomic E-state index is 12.1. The minimum Gasteiger partial charge on any atom is -0.348 e. The quantitative estimate of drug-likeness (QED) is 0.750. The maximum atomic E-state index is 12.1. The number of rotatable bonds is 4. The molecule has 94 valence electrons. The van der Waals surface area contributed by atoms with Gasteiger partial charge < -0.3 is 11.1 Å². The molecule has 0 bridgehead atoms. The molecule has 1 atom stereocenters. The molecular weight excluding hydrogens is 395 g/mol. The summed E-state index contributed by atoms with van der Waals surface area (Å²) in [6.45, 7) is 4.54. The highest BCUT2D eigenvalue weighted by molar-refractivity contribution is 14.1. The van der Waals surface area contributed by atoms with Crippen LogP contribution in [-0.4, -0.2) is 18.5 Å². The molecule has 17 heavy (non-hydrogen) atoms. The molecule has 0 aliphatic heterocycles. The van der Waals surface area contributed by atoms with Crippen LogP contribution in [0.5, 0.6) is 0 Å². The normalized spacial score (nSPS) is 12.6. The Hall–Kier alpha value is -0.140. The Morgan fingerprint density at radius 1 is 1.53 bits per heavy atom. The van der Waals surface area contributed by atoms with E-state index in [9.17, 15) is 4.79 Å². The van der Waals surface area contributed by atoms with Gasteiger partial charge in [0.15, 0.2) is 0 Å². The highest BCUT2D eigenvalue weighted by atomic mass is 127. The molecule has 0 radical (unpaired) electrons. The number of carbonyl (C=O) groups is 1. The molecule has 0 saturated heterocycles. The lowest BCUT2D eigenvalue weighted by atomic mass is 10.0. The zero-order chi connectivity index (χ0) is 13.0. The van der Waals surface area contributed by atoms with E-state index in [1.807, 2.05) is 32.0 Å². The second-order valence-electron chi connectivity index (χ2n) is 4.18.